The summed E-state index contributed by atoms with van der Waals surface area (Å²) in [6.45, 7) is 2.97. The summed E-state index contributed by atoms with van der Waals surface area (Å²) in [6.07, 6.45) is 3.25. The van der Waals surface area contributed by atoms with E-state index >= 15 is 0 Å². The van der Waals surface area contributed by atoms with Crippen molar-refractivity contribution >= 4 is 22.0 Å². The van der Waals surface area contributed by atoms with Crippen molar-refractivity contribution in [3.63, 3.8) is 0 Å². The zero-order chi connectivity index (χ0) is 18.7. The van der Waals surface area contributed by atoms with Gasteiger partial charge in [-0.25, -0.2) is 13.6 Å². The summed E-state index contributed by atoms with van der Waals surface area (Å²) in [6, 6.07) is 14.6. The van der Waals surface area contributed by atoms with Gasteiger partial charge in [0.15, 0.2) is 0 Å². The van der Waals surface area contributed by atoms with E-state index < -0.39 is 10.0 Å². The van der Waals surface area contributed by atoms with E-state index in [1.54, 1.807) is 17.0 Å². The lowest BCUT2D eigenvalue weighted by Crippen LogP contribution is -2.36. The molecule has 1 heterocycles. The van der Waals surface area contributed by atoms with E-state index in [2.05, 4.69) is 0 Å². The summed E-state index contributed by atoms with van der Waals surface area (Å²) in [4.78, 5) is 14.8. The molecular formula is C20H22N2O3S. The lowest BCUT2D eigenvalue weighted by atomic mass is 9.98. The molecule has 1 aliphatic rings. The molecule has 0 aromatic heterocycles. The minimum absolute atomic E-state index is 0.0111. The fraction of sp³-hybridized carbons (Fsp3) is 0.250. The highest BCUT2D eigenvalue weighted by Gasteiger charge is 2.23. The molecule has 0 saturated heterocycles. The number of nitrogens with zero attached hydrogens (tertiary/aromatic N) is 1. The Morgan fingerprint density at radius 3 is 2.54 bits per heavy atom. The Kier molecular flexibility index (Phi) is 5.25. The van der Waals surface area contributed by atoms with Gasteiger partial charge in [0.25, 0.3) is 0 Å². The maximum absolute atomic E-state index is 12.9. The van der Waals surface area contributed by atoms with Crippen LogP contribution in [0.25, 0.3) is 6.08 Å². The Bertz CT molecular complexity index is 950. The van der Waals surface area contributed by atoms with E-state index in [-0.39, 0.29) is 10.8 Å². The third kappa shape index (κ3) is 4.03. The molecule has 0 fully saturated rings. The van der Waals surface area contributed by atoms with Crippen LogP contribution in [0.1, 0.15) is 30.0 Å². The molecule has 5 nitrogen and oxygen atoms in total. The molecule has 0 spiro atoms. The first-order valence-corrected chi connectivity index (χ1v) is 10.1. The largest absolute Gasteiger partial charge is 0.334 e. The average molecular weight is 370 g/mol. The van der Waals surface area contributed by atoms with Crippen molar-refractivity contribution in [2.45, 2.75) is 31.2 Å². The molecule has 2 aromatic rings. The van der Waals surface area contributed by atoms with E-state index in [0.717, 1.165) is 22.3 Å². The second kappa shape index (κ2) is 7.43. The van der Waals surface area contributed by atoms with Crippen LogP contribution in [0, 0.1) is 0 Å². The summed E-state index contributed by atoms with van der Waals surface area (Å²) in [5.74, 6) is -0.0111. The number of sulfonamides is 1. The first kappa shape index (κ1) is 18.4. The number of carbonyl (C=O) groups excluding carboxylic acids is 1. The summed E-state index contributed by atoms with van der Waals surface area (Å²) >= 11 is 0. The number of hydrogen-bond acceptors (Lipinski definition) is 3. The van der Waals surface area contributed by atoms with Gasteiger partial charge in [-0.3, -0.25) is 4.79 Å². The number of fused-ring (bicyclic) bond motifs is 1. The number of benzene rings is 2. The molecule has 0 atom stereocenters. The second-order valence-electron chi connectivity index (χ2n) is 6.39. The zero-order valence-electron chi connectivity index (χ0n) is 14.7. The van der Waals surface area contributed by atoms with E-state index in [1.807, 2.05) is 43.3 Å². The molecule has 0 bridgehead atoms. The van der Waals surface area contributed by atoms with Gasteiger partial charge in [0.1, 0.15) is 0 Å². The molecule has 3 rings (SSSR count). The molecule has 136 valence electrons. The van der Waals surface area contributed by atoms with Crippen LogP contribution in [0.5, 0.6) is 0 Å². The van der Waals surface area contributed by atoms with Crippen LogP contribution in [-0.2, 0) is 27.8 Å². The van der Waals surface area contributed by atoms with Crippen molar-refractivity contribution < 1.29 is 13.2 Å². The fourth-order valence-corrected chi connectivity index (χ4v) is 3.72. The van der Waals surface area contributed by atoms with E-state index in [0.29, 0.717) is 25.9 Å². The molecule has 1 amide bonds. The summed E-state index contributed by atoms with van der Waals surface area (Å²) < 4.78 is 23.2. The standard InChI is InChI=1S/C20H22N2O3S/c1-2-16(12-15-6-4-3-5-7-15)20(23)22-11-10-17-8-9-19(26(21,24)25)13-18(17)14-22/h3-9,12-13H,2,10-11,14H2,1H3,(H2,21,24,25)/b16-12+. The van der Waals surface area contributed by atoms with Crippen LogP contribution in [0.3, 0.4) is 0 Å². The van der Waals surface area contributed by atoms with Crippen LogP contribution < -0.4 is 5.14 Å². The van der Waals surface area contributed by atoms with Crippen LogP contribution >= 0.6 is 0 Å². The molecule has 0 unspecified atom stereocenters. The van der Waals surface area contributed by atoms with Crippen LogP contribution in [0.4, 0.5) is 0 Å². The van der Waals surface area contributed by atoms with Gasteiger partial charge in [0.2, 0.25) is 15.9 Å². The van der Waals surface area contributed by atoms with Gasteiger partial charge in [-0.1, -0.05) is 43.3 Å². The van der Waals surface area contributed by atoms with Crippen LogP contribution in [0.15, 0.2) is 59.0 Å². The predicted molar refractivity (Wildman–Crippen MR) is 102 cm³/mol. The highest BCUT2D eigenvalue weighted by molar-refractivity contribution is 7.89. The third-order valence-electron chi connectivity index (χ3n) is 4.60. The minimum Gasteiger partial charge on any atom is -0.334 e. The van der Waals surface area contributed by atoms with Crippen LogP contribution in [0.2, 0.25) is 0 Å². The Morgan fingerprint density at radius 1 is 1.15 bits per heavy atom. The van der Waals surface area contributed by atoms with Gasteiger partial charge in [-0.15, -0.1) is 0 Å². The smallest absolute Gasteiger partial charge is 0.250 e. The van der Waals surface area contributed by atoms with Crippen molar-refractivity contribution in [3.8, 4) is 0 Å². The molecular weight excluding hydrogens is 348 g/mol. The molecule has 1 aliphatic heterocycles. The normalized spacial score (nSPS) is 14.8. The number of carbonyl (C=O) groups is 1. The zero-order valence-corrected chi connectivity index (χ0v) is 15.5. The minimum atomic E-state index is -3.75. The first-order valence-electron chi connectivity index (χ1n) is 8.58. The van der Waals surface area contributed by atoms with E-state index in [9.17, 15) is 13.2 Å². The second-order valence-corrected chi connectivity index (χ2v) is 7.95. The Morgan fingerprint density at radius 2 is 1.88 bits per heavy atom. The van der Waals surface area contributed by atoms with Gasteiger partial charge in [0, 0.05) is 18.7 Å². The number of rotatable bonds is 4. The lowest BCUT2D eigenvalue weighted by molar-refractivity contribution is -0.128. The van der Waals surface area contributed by atoms with Gasteiger partial charge in [-0.05, 0) is 47.7 Å². The predicted octanol–water partition coefficient (Wildman–Crippen LogP) is 2.71. The third-order valence-corrected chi connectivity index (χ3v) is 5.51. The number of amides is 1. The summed E-state index contributed by atoms with van der Waals surface area (Å²) in [5, 5.41) is 5.22. The Balaban J connectivity index is 1.85. The average Bonchev–Trinajstić information content (AvgIpc) is 2.64. The maximum atomic E-state index is 12.9. The topological polar surface area (TPSA) is 80.5 Å². The van der Waals surface area contributed by atoms with E-state index in [1.165, 1.54) is 6.07 Å². The van der Waals surface area contributed by atoms with Crippen molar-refractivity contribution in [1.29, 1.82) is 0 Å². The number of nitrogens with two attached hydrogens (primary N) is 1. The summed E-state index contributed by atoms with van der Waals surface area (Å²) in [7, 11) is -3.75. The van der Waals surface area contributed by atoms with Gasteiger partial charge in [-0.2, -0.15) is 0 Å². The highest BCUT2D eigenvalue weighted by Crippen LogP contribution is 2.24. The van der Waals surface area contributed by atoms with Gasteiger partial charge < -0.3 is 4.90 Å². The lowest BCUT2D eigenvalue weighted by Gasteiger charge is -2.30. The number of primary sulfonamides is 1. The van der Waals surface area contributed by atoms with Gasteiger partial charge >= 0.3 is 0 Å². The Labute approximate surface area is 154 Å². The van der Waals surface area contributed by atoms with Crippen molar-refractivity contribution in [1.82, 2.24) is 4.90 Å². The monoisotopic (exact) mass is 370 g/mol. The quantitative estimate of drug-likeness (QED) is 0.840. The van der Waals surface area contributed by atoms with Crippen molar-refractivity contribution in [2.75, 3.05) is 6.54 Å². The summed E-state index contributed by atoms with van der Waals surface area (Å²) in [5.41, 5.74) is 3.63. The SMILES string of the molecule is CC/C(=C\c1ccccc1)C(=O)N1CCc2ccc(S(N)(=O)=O)cc2C1. The molecule has 2 N–H and O–H groups in total. The van der Waals surface area contributed by atoms with E-state index in [4.69, 9.17) is 5.14 Å². The molecule has 2 aromatic carbocycles. The molecule has 0 radical (unpaired) electrons. The molecule has 0 aliphatic carbocycles. The number of hydrogen-bond donors (Lipinski definition) is 1. The first-order chi connectivity index (χ1) is 12.4. The highest BCUT2D eigenvalue weighted by atomic mass is 32.2. The molecule has 6 heteroatoms. The van der Waals surface area contributed by atoms with Crippen molar-refractivity contribution in [2.24, 2.45) is 5.14 Å². The maximum Gasteiger partial charge on any atom is 0.250 e. The van der Waals surface area contributed by atoms with Crippen molar-refractivity contribution in [3.05, 3.63) is 70.8 Å². The van der Waals surface area contributed by atoms with Gasteiger partial charge in [0.05, 0.1) is 4.90 Å². The fourth-order valence-electron chi connectivity index (χ4n) is 3.15. The van der Waals surface area contributed by atoms with Crippen LogP contribution in [-0.4, -0.2) is 25.8 Å². The molecule has 0 saturated carbocycles. The Hall–Kier alpha value is -2.44. The molecule has 26 heavy (non-hydrogen) atoms.